The van der Waals surface area contributed by atoms with Gasteiger partial charge in [0.2, 0.25) is 0 Å². The fraction of sp³-hybridized carbons (Fsp3) is 0.440. The lowest BCUT2D eigenvalue weighted by atomic mass is 10.0. The summed E-state index contributed by atoms with van der Waals surface area (Å²) < 4.78 is 5.05. The highest BCUT2D eigenvalue weighted by Gasteiger charge is 2.42. The van der Waals surface area contributed by atoms with Gasteiger partial charge < -0.3 is 20.1 Å². The van der Waals surface area contributed by atoms with E-state index in [4.69, 9.17) is 9.84 Å². The van der Waals surface area contributed by atoms with Gasteiger partial charge in [0, 0.05) is 56.1 Å². The highest BCUT2D eigenvalue weighted by atomic mass is 32.1. The minimum absolute atomic E-state index is 0.0278. The van der Waals surface area contributed by atoms with E-state index in [0.29, 0.717) is 56.4 Å². The highest BCUT2D eigenvalue weighted by Crippen LogP contribution is 2.27. The first-order valence-electron chi connectivity index (χ1n) is 12.4. The average molecular weight is 540 g/mol. The van der Waals surface area contributed by atoms with Crippen molar-refractivity contribution in [3.05, 3.63) is 51.7 Å². The second kappa shape index (κ2) is 10.9. The van der Waals surface area contributed by atoms with Gasteiger partial charge in [0.05, 0.1) is 31.3 Å². The summed E-state index contributed by atoms with van der Waals surface area (Å²) in [5.74, 6) is -0.0865. The van der Waals surface area contributed by atoms with Gasteiger partial charge in [0.25, 0.3) is 0 Å². The average Bonchev–Trinajstić information content (AvgIpc) is 3.56. The molecule has 2 aromatic heterocycles. The van der Waals surface area contributed by atoms with Crippen molar-refractivity contribution in [2.45, 2.75) is 31.8 Å². The zero-order chi connectivity index (χ0) is 26.8. The first kappa shape index (κ1) is 25.8. The minimum Gasteiger partial charge on any atom is -0.481 e. The topological polar surface area (TPSA) is 141 Å². The van der Waals surface area contributed by atoms with E-state index in [1.54, 1.807) is 23.4 Å². The van der Waals surface area contributed by atoms with Gasteiger partial charge in [-0.05, 0) is 25.0 Å². The van der Waals surface area contributed by atoms with E-state index in [1.165, 1.54) is 18.4 Å². The smallest absolute Gasteiger partial charge is 0.337 e. The maximum atomic E-state index is 13.1. The summed E-state index contributed by atoms with van der Waals surface area (Å²) in [4.78, 5) is 55.8. The number of amidine groups is 1. The molecule has 0 bridgehead atoms. The summed E-state index contributed by atoms with van der Waals surface area (Å²) in [6, 6.07) is 3.09. The van der Waals surface area contributed by atoms with Gasteiger partial charge in [-0.15, -0.1) is 11.3 Å². The van der Waals surface area contributed by atoms with Crippen molar-refractivity contribution in [2.75, 3.05) is 44.7 Å². The Bertz CT molecular complexity index is 1280. The van der Waals surface area contributed by atoms with E-state index >= 15 is 0 Å². The third kappa shape index (κ3) is 5.24. The van der Waals surface area contributed by atoms with Gasteiger partial charge in [-0.1, -0.05) is 6.07 Å². The molecule has 5 rings (SSSR count). The largest absolute Gasteiger partial charge is 0.481 e. The number of nitrogens with one attached hydrogen (secondary N) is 1. The number of piperazine rings is 1. The number of fused-ring (bicyclic) bond motifs is 1. The van der Waals surface area contributed by atoms with E-state index in [0.717, 1.165) is 16.3 Å². The summed E-state index contributed by atoms with van der Waals surface area (Å²) in [6.45, 7) is 4.68. The minimum atomic E-state index is -0.857. The number of hydrogen-bond donors (Lipinski definition) is 2. The number of aliphatic imine (C=N–C) groups is 1. The van der Waals surface area contributed by atoms with Crippen molar-refractivity contribution in [2.24, 2.45) is 4.99 Å². The quantitative estimate of drug-likeness (QED) is 0.476. The van der Waals surface area contributed by atoms with Gasteiger partial charge in [-0.2, -0.15) is 0 Å². The molecule has 0 unspecified atom stereocenters. The first-order chi connectivity index (χ1) is 18.3. The molecule has 200 valence electrons. The van der Waals surface area contributed by atoms with Crippen LogP contribution in [0.3, 0.4) is 0 Å². The number of ether oxygens (including phenoxy) is 1. The number of aliphatic carboxylic acids is 1. The Hall–Kier alpha value is -3.84. The van der Waals surface area contributed by atoms with Crippen LogP contribution < -0.4 is 10.2 Å². The number of aromatic nitrogens is 2. The van der Waals surface area contributed by atoms with E-state index in [9.17, 15) is 14.4 Å². The molecule has 2 aromatic rings. The summed E-state index contributed by atoms with van der Waals surface area (Å²) in [5.41, 5.74) is 2.04. The van der Waals surface area contributed by atoms with Gasteiger partial charge in [-0.3, -0.25) is 19.6 Å². The number of aryl methyl sites for hydroxylation is 1. The lowest BCUT2D eigenvalue weighted by Gasteiger charge is -2.37. The molecule has 12 nitrogen and oxygen atoms in total. The fourth-order valence-corrected chi connectivity index (χ4v) is 5.62. The van der Waals surface area contributed by atoms with Gasteiger partial charge in [0.1, 0.15) is 5.82 Å². The van der Waals surface area contributed by atoms with Crippen LogP contribution in [0.1, 0.15) is 23.9 Å². The Kier molecular flexibility index (Phi) is 7.38. The van der Waals surface area contributed by atoms with Crippen LogP contribution in [0, 0.1) is 0 Å². The summed E-state index contributed by atoms with van der Waals surface area (Å²) in [7, 11) is 1.37. The maximum Gasteiger partial charge on any atom is 0.337 e. The van der Waals surface area contributed by atoms with Crippen LogP contribution in [0.5, 0.6) is 0 Å². The standard InChI is InChI=1S/C25H29N7O5S/c1-15-21(24(35)37-2)18(29-22(28-15)23-26-7-10-38-23)14-30-8-9-31-17(12-30)13-32(25(31)36)19-5-3-16(11-27-19)4-6-20(33)34/h3,5,7,10-11,15,17H,4,6,8-9,12-14H2,1-2H3,(H,28,29)(H,33,34)/t15-,17-/m0/s1. The Labute approximate surface area is 223 Å². The molecular weight excluding hydrogens is 510 g/mol. The molecule has 0 spiro atoms. The lowest BCUT2D eigenvalue weighted by molar-refractivity contribution is -0.137. The molecule has 2 atom stereocenters. The summed E-state index contributed by atoms with van der Waals surface area (Å²) >= 11 is 1.47. The number of methoxy groups -OCH3 is 1. The van der Waals surface area contributed by atoms with Crippen molar-refractivity contribution >= 4 is 41.0 Å². The number of rotatable bonds is 8. The van der Waals surface area contributed by atoms with Crippen molar-refractivity contribution < 1.29 is 24.2 Å². The van der Waals surface area contributed by atoms with Gasteiger partial charge >= 0.3 is 18.0 Å². The van der Waals surface area contributed by atoms with Crippen LogP contribution in [0.4, 0.5) is 10.6 Å². The Morgan fingerprint density at radius 1 is 1.24 bits per heavy atom. The molecule has 0 aromatic carbocycles. The van der Waals surface area contributed by atoms with Crippen LogP contribution in [0.15, 0.2) is 46.2 Å². The third-order valence-electron chi connectivity index (χ3n) is 6.91. The van der Waals surface area contributed by atoms with Crippen LogP contribution in [-0.4, -0.2) is 101 Å². The zero-order valence-electron chi connectivity index (χ0n) is 21.2. The number of carbonyl (C=O) groups is 3. The zero-order valence-corrected chi connectivity index (χ0v) is 22.0. The number of hydrogen-bond acceptors (Lipinski definition) is 10. The summed E-state index contributed by atoms with van der Waals surface area (Å²) in [6.07, 6.45) is 3.78. The first-order valence-corrected chi connectivity index (χ1v) is 13.2. The van der Waals surface area contributed by atoms with E-state index in [1.807, 2.05) is 23.3 Å². The Balaban J connectivity index is 1.28. The molecule has 0 saturated carbocycles. The number of thiazole rings is 1. The number of nitrogens with zero attached hydrogens (tertiary/aromatic N) is 6. The second-order valence-electron chi connectivity index (χ2n) is 9.39. The number of urea groups is 1. The van der Waals surface area contributed by atoms with Crippen LogP contribution in [0.25, 0.3) is 0 Å². The molecule has 5 heterocycles. The molecule has 2 N–H and O–H groups in total. The maximum absolute atomic E-state index is 13.1. The van der Waals surface area contributed by atoms with Crippen LogP contribution in [-0.2, 0) is 20.7 Å². The molecule has 3 aliphatic rings. The molecule has 38 heavy (non-hydrogen) atoms. The second-order valence-corrected chi connectivity index (χ2v) is 10.3. The number of anilines is 1. The number of carboxylic acid groups (broad SMARTS) is 1. The molecule has 2 fully saturated rings. The van der Waals surface area contributed by atoms with E-state index < -0.39 is 11.9 Å². The normalized spacial score (nSPS) is 21.7. The number of amides is 2. The molecule has 2 saturated heterocycles. The molecule has 13 heteroatoms. The van der Waals surface area contributed by atoms with Gasteiger partial charge in [0.15, 0.2) is 10.8 Å². The van der Waals surface area contributed by atoms with E-state index in [-0.39, 0.29) is 24.5 Å². The number of carbonyl (C=O) groups excluding carboxylic acids is 2. The Morgan fingerprint density at radius 3 is 2.76 bits per heavy atom. The van der Waals surface area contributed by atoms with Crippen molar-refractivity contribution in [3.8, 4) is 0 Å². The van der Waals surface area contributed by atoms with Crippen molar-refractivity contribution in [3.63, 3.8) is 0 Å². The van der Waals surface area contributed by atoms with E-state index in [2.05, 4.69) is 25.2 Å². The molecule has 2 amide bonds. The fourth-order valence-electron chi connectivity index (χ4n) is 5.04. The van der Waals surface area contributed by atoms with Gasteiger partial charge in [-0.25, -0.2) is 19.6 Å². The molecule has 0 aliphatic carbocycles. The van der Waals surface area contributed by atoms with Crippen molar-refractivity contribution in [1.82, 2.24) is 25.1 Å². The highest BCUT2D eigenvalue weighted by molar-refractivity contribution is 7.11. The van der Waals surface area contributed by atoms with Crippen LogP contribution >= 0.6 is 11.3 Å². The predicted molar refractivity (Wildman–Crippen MR) is 140 cm³/mol. The molecular formula is C25H29N7O5S. The summed E-state index contributed by atoms with van der Waals surface area (Å²) in [5, 5.41) is 14.8. The number of carboxylic acids is 1. The lowest BCUT2D eigenvalue weighted by Crippen LogP contribution is -2.53. The monoisotopic (exact) mass is 539 g/mol. The molecule has 3 aliphatic heterocycles. The van der Waals surface area contributed by atoms with Crippen molar-refractivity contribution in [1.29, 1.82) is 0 Å². The molecule has 0 radical (unpaired) electrons. The number of pyridine rings is 1. The Morgan fingerprint density at radius 2 is 2.08 bits per heavy atom. The number of esters is 1. The van der Waals surface area contributed by atoms with Crippen LogP contribution in [0.2, 0.25) is 0 Å². The SMILES string of the molecule is COC(=O)C1=C(CN2CCN3C(=O)N(c4ccc(CCC(=O)O)cn4)C[C@@H]3C2)NC(c2nccs2)=N[C@H]1C. The third-order valence-corrected chi connectivity index (χ3v) is 7.69. The predicted octanol–water partition coefficient (Wildman–Crippen LogP) is 1.35.